The van der Waals surface area contributed by atoms with Crippen LogP contribution in [0, 0.1) is 0 Å². The van der Waals surface area contributed by atoms with Crippen LogP contribution in [0.2, 0.25) is 10.0 Å². The zero-order chi connectivity index (χ0) is 15.2. The molecule has 0 unspecified atom stereocenters. The molecule has 1 aromatic heterocycles. The van der Waals surface area contributed by atoms with E-state index in [2.05, 4.69) is 27.7 Å². The summed E-state index contributed by atoms with van der Waals surface area (Å²) >= 11 is 12.3. The van der Waals surface area contributed by atoms with Crippen LogP contribution in [-0.4, -0.2) is 26.8 Å². The van der Waals surface area contributed by atoms with Crippen LogP contribution in [-0.2, 0) is 20.2 Å². The molecule has 0 aliphatic heterocycles. The highest BCUT2D eigenvalue weighted by Crippen LogP contribution is 2.32. The fourth-order valence-electron chi connectivity index (χ4n) is 1.82. The Bertz CT molecular complexity index is 602. The first-order chi connectivity index (χ1) is 10.1. The number of hydrogen-bond donors (Lipinski definition) is 1. The molecule has 0 saturated carbocycles. The van der Waals surface area contributed by atoms with Gasteiger partial charge in [-0.1, -0.05) is 30.1 Å². The second-order valence-corrected chi connectivity index (χ2v) is 5.38. The van der Waals surface area contributed by atoms with Crippen molar-refractivity contribution in [3.63, 3.8) is 0 Å². The topological polar surface area (TPSA) is 64.9 Å². The van der Waals surface area contributed by atoms with Crippen LogP contribution in [0.1, 0.15) is 24.7 Å². The molecule has 2 rings (SSSR count). The Morgan fingerprint density at radius 1 is 1.33 bits per heavy atom. The summed E-state index contributed by atoms with van der Waals surface area (Å²) in [5.41, 5.74) is 0.907. The smallest absolute Gasteiger partial charge is 0.212 e. The lowest BCUT2D eigenvalue weighted by atomic mass is 10.2. The average Bonchev–Trinajstić information content (AvgIpc) is 2.83. The average molecular weight is 330 g/mol. The minimum Gasteiger partial charge on any atom is -0.484 e. The summed E-state index contributed by atoms with van der Waals surface area (Å²) in [5, 5.41) is 16.1. The number of tetrazole rings is 1. The maximum absolute atomic E-state index is 6.22. The Hall–Kier alpha value is -1.37. The predicted molar refractivity (Wildman–Crippen MR) is 81.6 cm³/mol. The highest BCUT2D eigenvalue weighted by Gasteiger charge is 2.12. The quantitative estimate of drug-likeness (QED) is 0.791. The lowest BCUT2D eigenvalue weighted by Gasteiger charge is -2.13. The minimum absolute atomic E-state index is 0.204. The van der Waals surface area contributed by atoms with Crippen LogP contribution < -0.4 is 10.1 Å². The number of hydrogen-bond acceptors (Lipinski definition) is 5. The summed E-state index contributed by atoms with van der Waals surface area (Å²) in [5.74, 6) is 1.09. The van der Waals surface area contributed by atoms with Crippen LogP contribution in [0.25, 0.3) is 0 Å². The molecule has 0 radical (unpaired) electrons. The Labute approximate surface area is 133 Å². The van der Waals surface area contributed by atoms with Gasteiger partial charge >= 0.3 is 0 Å². The molecule has 0 saturated heterocycles. The number of benzene rings is 1. The number of aryl methyl sites for hydroxylation is 1. The van der Waals surface area contributed by atoms with Gasteiger partial charge in [0.05, 0.1) is 12.1 Å². The van der Waals surface area contributed by atoms with Crippen molar-refractivity contribution in [2.45, 2.75) is 26.5 Å². The maximum atomic E-state index is 6.22. The van der Waals surface area contributed by atoms with Crippen molar-refractivity contribution in [3.8, 4) is 5.75 Å². The zero-order valence-corrected chi connectivity index (χ0v) is 13.4. The summed E-state index contributed by atoms with van der Waals surface area (Å²) in [7, 11) is 1.70. The lowest BCUT2D eigenvalue weighted by Crippen LogP contribution is -2.15. The van der Waals surface area contributed by atoms with Gasteiger partial charge in [0.2, 0.25) is 5.82 Å². The van der Waals surface area contributed by atoms with Crippen molar-refractivity contribution in [1.82, 2.24) is 25.5 Å². The molecule has 0 bridgehead atoms. The Morgan fingerprint density at radius 3 is 2.81 bits per heavy atom. The summed E-state index contributed by atoms with van der Waals surface area (Å²) in [6.45, 7) is 3.86. The molecule has 0 spiro atoms. The number of ether oxygens (including phenoxy) is 1. The highest BCUT2D eigenvalue weighted by atomic mass is 35.5. The largest absolute Gasteiger partial charge is 0.484 e. The van der Waals surface area contributed by atoms with Crippen molar-refractivity contribution in [2.24, 2.45) is 7.05 Å². The Morgan fingerprint density at radius 2 is 2.14 bits per heavy atom. The molecule has 1 N–H and O–H groups in total. The molecule has 1 heterocycles. The third-order valence-corrected chi connectivity index (χ3v) is 3.22. The zero-order valence-electron chi connectivity index (χ0n) is 11.9. The second kappa shape index (κ2) is 7.59. The number of halogens is 2. The van der Waals surface area contributed by atoms with Gasteiger partial charge in [-0.2, -0.15) is 4.80 Å². The minimum atomic E-state index is 0.204. The molecule has 0 aliphatic rings. The van der Waals surface area contributed by atoms with Crippen molar-refractivity contribution in [2.75, 3.05) is 6.54 Å². The van der Waals surface area contributed by atoms with Gasteiger partial charge in [-0.15, -0.1) is 10.2 Å². The van der Waals surface area contributed by atoms with E-state index >= 15 is 0 Å². The van der Waals surface area contributed by atoms with E-state index < -0.39 is 0 Å². The van der Waals surface area contributed by atoms with Crippen LogP contribution in [0.5, 0.6) is 5.75 Å². The first-order valence-corrected chi connectivity index (χ1v) is 7.40. The van der Waals surface area contributed by atoms with Crippen LogP contribution in [0.15, 0.2) is 12.1 Å². The molecule has 8 heteroatoms. The van der Waals surface area contributed by atoms with E-state index in [1.54, 1.807) is 13.1 Å². The SMILES string of the molecule is CCCNCc1cc(Cl)cc(Cl)c1OCc1nnn(C)n1. The molecule has 0 atom stereocenters. The molecular formula is C13H17Cl2N5O. The van der Waals surface area contributed by atoms with Crippen LogP contribution in [0.4, 0.5) is 0 Å². The number of rotatable bonds is 7. The van der Waals surface area contributed by atoms with E-state index in [-0.39, 0.29) is 6.61 Å². The van der Waals surface area contributed by atoms with Gasteiger partial charge in [0.1, 0.15) is 5.75 Å². The fourth-order valence-corrected chi connectivity index (χ4v) is 2.41. The van der Waals surface area contributed by atoms with Gasteiger partial charge in [0.25, 0.3) is 0 Å². The molecule has 0 aliphatic carbocycles. The van der Waals surface area contributed by atoms with Crippen molar-refractivity contribution in [3.05, 3.63) is 33.6 Å². The fraction of sp³-hybridized carbons (Fsp3) is 0.462. The standard InChI is InChI=1S/C13H17Cl2N5O/c1-3-4-16-7-9-5-10(14)6-11(15)13(9)21-8-12-17-19-20(2)18-12/h5-6,16H,3-4,7-8H2,1-2H3. The summed E-state index contributed by atoms with van der Waals surface area (Å²) in [6, 6.07) is 3.50. The number of aromatic nitrogens is 4. The van der Waals surface area contributed by atoms with Gasteiger partial charge in [-0.05, 0) is 30.3 Å². The first kappa shape index (κ1) is 16.0. The predicted octanol–water partition coefficient (Wildman–Crippen LogP) is 2.60. The number of nitrogens with zero attached hydrogens (tertiary/aromatic N) is 4. The monoisotopic (exact) mass is 329 g/mol. The summed E-state index contributed by atoms with van der Waals surface area (Å²) in [6.07, 6.45) is 1.05. The Balaban J connectivity index is 2.12. The summed E-state index contributed by atoms with van der Waals surface area (Å²) in [4.78, 5) is 1.38. The van der Waals surface area contributed by atoms with E-state index in [9.17, 15) is 0 Å². The van der Waals surface area contributed by atoms with Gasteiger partial charge in [0, 0.05) is 17.1 Å². The van der Waals surface area contributed by atoms with Crippen LogP contribution in [0.3, 0.4) is 0 Å². The number of nitrogens with one attached hydrogen (secondary N) is 1. The third kappa shape index (κ3) is 4.56. The molecule has 1 aromatic carbocycles. The molecule has 2 aromatic rings. The van der Waals surface area contributed by atoms with Gasteiger partial charge in [-0.25, -0.2) is 0 Å². The van der Waals surface area contributed by atoms with Crippen molar-refractivity contribution < 1.29 is 4.74 Å². The van der Waals surface area contributed by atoms with E-state index in [0.29, 0.717) is 28.2 Å². The van der Waals surface area contributed by atoms with E-state index in [1.807, 2.05) is 6.07 Å². The van der Waals surface area contributed by atoms with Gasteiger partial charge < -0.3 is 10.1 Å². The Kier molecular flexibility index (Phi) is 5.78. The van der Waals surface area contributed by atoms with Crippen molar-refractivity contribution in [1.29, 1.82) is 0 Å². The van der Waals surface area contributed by atoms with Crippen LogP contribution >= 0.6 is 23.2 Å². The second-order valence-electron chi connectivity index (χ2n) is 4.54. The molecule has 0 amide bonds. The summed E-state index contributed by atoms with van der Waals surface area (Å²) < 4.78 is 5.74. The molecular weight excluding hydrogens is 313 g/mol. The van der Waals surface area contributed by atoms with Crippen molar-refractivity contribution >= 4 is 23.2 Å². The molecule has 6 nitrogen and oxygen atoms in total. The third-order valence-electron chi connectivity index (χ3n) is 2.72. The van der Waals surface area contributed by atoms with Gasteiger partial charge in [-0.3, -0.25) is 0 Å². The maximum Gasteiger partial charge on any atom is 0.212 e. The normalized spacial score (nSPS) is 10.9. The molecule has 21 heavy (non-hydrogen) atoms. The van der Waals surface area contributed by atoms with E-state index in [0.717, 1.165) is 18.5 Å². The molecule has 114 valence electrons. The lowest BCUT2D eigenvalue weighted by molar-refractivity contribution is 0.291. The first-order valence-electron chi connectivity index (χ1n) is 6.64. The van der Waals surface area contributed by atoms with E-state index in [1.165, 1.54) is 4.80 Å². The highest BCUT2D eigenvalue weighted by molar-refractivity contribution is 6.35. The van der Waals surface area contributed by atoms with E-state index in [4.69, 9.17) is 27.9 Å². The van der Waals surface area contributed by atoms with Gasteiger partial charge in [0.15, 0.2) is 6.61 Å². The molecule has 0 fully saturated rings.